The number of benzene rings is 2. The summed E-state index contributed by atoms with van der Waals surface area (Å²) in [5.41, 5.74) is -1.06. The van der Waals surface area contributed by atoms with Crippen LogP contribution < -0.4 is 20.3 Å². The van der Waals surface area contributed by atoms with E-state index in [9.17, 15) is 22.8 Å². The molecule has 0 unspecified atom stereocenters. The minimum Gasteiger partial charge on any atom is -0.496 e. The molecule has 2 N–H and O–H groups in total. The SMILES string of the molecule is COc1ccc(OC)c2[nH]c(=O)c(CCNC(=O)c3ccccc3C(F)(F)F)cc12. The van der Waals surface area contributed by atoms with Gasteiger partial charge in [0.15, 0.2) is 0 Å². The van der Waals surface area contributed by atoms with E-state index in [-0.39, 0.29) is 18.5 Å². The van der Waals surface area contributed by atoms with E-state index in [1.165, 1.54) is 26.4 Å². The van der Waals surface area contributed by atoms with Gasteiger partial charge in [-0.1, -0.05) is 12.1 Å². The number of nitrogens with one attached hydrogen (secondary N) is 2. The molecule has 0 radical (unpaired) electrons. The lowest BCUT2D eigenvalue weighted by Crippen LogP contribution is -2.29. The van der Waals surface area contributed by atoms with E-state index in [1.807, 2.05) is 0 Å². The van der Waals surface area contributed by atoms with Crippen LogP contribution in [0.2, 0.25) is 0 Å². The summed E-state index contributed by atoms with van der Waals surface area (Å²) in [5, 5.41) is 3.05. The number of hydrogen-bond acceptors (Lipinski definition) is 4. The number of fused-ring (bicyclic) bond motifs is 1. The average molecular weight is 420 g/mol. The van der Waals surface area contributed by atoms with E-state index in [0.29, 0.717) is 28.0 Å². The highest BCUT2D eigenvalue weighted by molar-refractivity contribution is 5.96. The van der Waals surface area contributed by atoms with Gasteiger partial charge in [0, 0.05) is 17.5 Å². The number of aromatic amines is 1. The maximum atomic E-state index is 13.1. The Hall–Kier alpha value is -3.49. The van der Waals surface area contributed by atoms with Gasteiger partial charge in [0.2, 0.25) is 0 Å². The molecule has 3 rings (SSSR count). The van der Waals surface area contributed by atoms with Crippen LogP contribution in [0.5, 0.6) is 11.5 Å². The minimum atomic E-state index is -4.64. The van der Waals surface area contributed by atoms with Crippen LogP contribution in [0.1, 0.15) is 21.5 Å². The standard InChI is InChI=1S/C21H19F3N2O4/c1-29-16-7-8-17(30-2)18-14(16)11-12(19(27)26-18)9-10-25-20(28)13-5-3-4-6-15(13)21(22,23)24/h3-8,11H,9-10H2,1-2H3,(H,25,28)(H,26,27). The number of aromatic nitrogens is 1. The van der Waals surface area contributed by atoms with Crippen LogP contribution in [0.4, 0.5) is 13.2 Å². The van der Waals surface area contributed by atoms with Crippen LogP contribution in [0, 0.1) is 0 Å². The molecule has 1 heterocycles. The fraction of sp³-hybridized carbons (Fsp3) is 0.238. The van der Waals surface area contributed by atoms with Crippen LogP contribution in [-0.4, -0.2) is 31.7 Å². The predicted octanol–water partition coefficient (Wildman–Crippen LogP) is 3.54. The number of carbonyl (C=O) groups is 1. The van der Waals surface area contributed by atoms with Crippen molar-refractivity contribution in [2.24, 2.45) is 0 Å². The van der Waals surface area contributed by atoms with E-state index in [4.69, 9.17) is 9.47 Å². The van der Waals surface area contributed by atoms with Crippen LogP contribution in [-0.2, 0) is 12.6 Å². The fourth-order valence-corrected chi connectivity index (χ4v) is 3.15. The van der Waals surface area contributed by atoms with Crippen molar-refractivity contribution >= 4 is 16.8 Å². The molecule has 0 aliphatic carbocycles. The molecular weight excluding hydrogens is 401 g/mol. The summed E-state index contributed by atoms with van der Waals surface area (Å²) in [6, 6.07) is 9.51. The van der Waals surface area contributed by atoms with Crippen molar-refractivity contribution in [3.05, 3.63) is 69.5 Å². The van der Waals surface area contributed by atoms with Crippen molar-refractivity contribution in [2.45, 2.75) is 12.6 Å². The highest BCUT2D eigenvalue weighted by Crippen LogP contribution is 2.32. The summed E-state index contributed by atoms with van der Waals surface area (Å²) in [6.07, 6.45) is -4.52. The number of halogens is 3. The lowest BCUT2D eigenvalue weighted by Gasteiger charge is -2.13. The van der Waals surface area contributed by atoms with Crippen molar-refractivity contribution in [1.82, 2.24) is 10.3 Å². The Kier molecular flexibility index (Phi) is 6.00. The van der Waals surface area contributed by atoms with E-state index >= 15 is 0 Å². The normalized spacial score (nSPS) is 11.4. The van der Waals surface area contributed by atoms with Crippen LogP contribution >= 0.6 is 0 Å². The van der Waals surface area contributed by atoms with Crippen molar-refractivity contribution in [3.8, 4) is 11.5 Å². The first-order valence-electron chi connectivity index (χ1n) is 8.97. The Bertz CT molecular complexity index is 1140. The van der Waals surface area contributed by atoms with Gasteiger partial charge in [-0.3, -0.25) is 9.59 Å². The Morgan fingerprint density at radius 3 is 2.40 bits per heavy atom. The second kappa shape index (κ2) is 8.48. The number of amides is 1. The van der Waals surface area contributed by atoms with Gasteiger partial charge in [-0.05, 0) is 36.8 Å². The molecule has 0 bridgehead atoms. The number of methoxy groups -OCH3 is 2. The number of alkyl halides is 3. The van der Waals surface area contributed by atoms with Crippen LogP contribution in [0.3, 0.4) is 0 Å². The zero-order valence-corrected chi connectivity index (χ0v) is 16.2. The average Bonchev–Trinajstić information content (AvgIpc) is 2.72. The number of ether oxygens (including phenoxy) is 2. The second-order valence-electron chi connectivity index (χ2n) is 6.43. The highest BCUT2D eigenvalue weighted by atomic mass is 19.4. The number of pyridine rings is 1. The first kappa shape index (κ1) is 21.2. The Morgan fingerprint density at radius 1 is 1.07 bits per heavy atom. The molecule has 0 fully saturated rings. The van der Waals surface area contributed by atoms with Gasteiger partial charge in [-0.25, -0.2) is 0 Å². The first-order chi connectivity index (χ1) is 14.3. The molecule has 3 aromatic rings. The number of hydrogen-bond donors (Lipinski definition) is 2. The predicted molar refractivity (Wildman–Crippen MR) is 105 cm³/mol. The van der Waals surface area contributed by atoms with Gasteiger partial charge >= 0.3 is 6.18 Å². The van der Waals surface area contributed by atoms with E-state index < -0.39 is 23.2 Å². The molecular formula is C21H19F3N2O4. The molecule has 0 saturated carbocycles. The maximum absolute atomic E-state index is 13.1. The number of rotatable bonds is 6. The van der Waals surface area contributed by atoms with E-state index in [1.54, 1.807) is 18.2 Å². The quantitative estimate of drug-likeness (QED) is 0.639. The third-order valence-electron chi connectivity index (χ3n) is 4.61. The fourth-order valence-electron chi connectivity index (χ4n) is 3.15. The van der Waals surface area contributed by atoms with Crippen LogP contribution in [0.25, 0.3) is 10.9 Å². The van der Waals surface area contributed by atoms with Gasteiger partial charge in [-0.2, -0.15) is 13.2 Å². The Balaban J connectivity index is 1.81. The maximum Gasteiger partial charge on any atom is 0.417 e. The molecule has 30 heavy (non-hydrogen) atoms. The third-order valence-corrected chi connectivity index (χ3v) is 4.61. The summed E-state index contributed by atoms with van der Waals surface area (Å²) in [4.78, 5) is 27.4. The summed E-state index contributed by atoms with van der Waals surface area (Å²) in [7, 11) is 2.96. The van der Waals surface area contributed by atoms with E-state index in [2.05, 4.69) is 10.3 Å². The Morgan fingerprint density at radius 2 is 1.73 bits per heavy atom. The topological polar surface area (TPSA) is 80.4 Å². The summed E-state index contributed by atoms with van der Waals surface area (Å²) in [5.74, 6) is 0.123. The first-order valence-corrected chi connectivity index (χ1v) is 8.97. The molecule has 2 aromatic carbocycles. The van der Waals surface area contributed by atoms with Gasteiger partial charge in [-0.15, -0.1) is 0 Å². The van der Waals surface area contributed by atoms with Crippen molar-refractivity contribution in [1.29, 1.82) is 0 Å². The van der Waals surface area contributed by atoms with Gasteiger partial charge in [0.05, 0.1) is 30.9 Å². The van der Waals surface area contributed by atoms with Crippen molar-refractivity contribution in [3.63, 3.8) is 0 Å². The molecule has 0 aliphatic heterocycles. The lowest BCUT2D eigenvalue weighted by molar-refractivity contribution is -0.137. The van der Waals surface area contributed by atoms with Gasteiger partial charge in [0.25, 0.3) is 11.5 Å². The molecule has 1 aromatic heterocycles. The second-order valence-corrected chi connectivity index (χ2v) is 6.43. The summed E-state index contributed by atoms with van der Waals surface area (Å²) < 4.78 is 49.8. The molecule has 9 heteroatoms. The molecule has 158 valence electrons. The lowest BCUT2D eigenvalue weighted by atomic mass is 10.1. The van der Waals surface area contributed by atoms with E-state index in [0.717, 1.165) is 12.1 Å². The molecule has 0 atom stereocenters. The monoisotopic (exact) mass is 420 g/mol. The molecule has 0 spiro atoms. The third kappa shape index (κ3) is 4.24. The molecule has 1 amide bonds. The summed E-state index contributed by atoms with van der Waals surface area (Å²) in [6.45, 7) is -0.0219. The van der Waals surface area contributed by atoms with Crippen molar-refractivity contribution < 1.29 is 27.4 Å². The molecule has 0 saturated heterocycles. The largest absolute Gasteiger partial charge is 0.496 e. The smallest absolute Gasteiger partial charge is 0.417 e. The zero-order valence-electron chi connectivity index (χ0n) is 16.2. The highest BCUT2D eigenvalue weighted by Gasteiger charge is 2.34. The molecule has 6 nitrogen and oxygen atoms in total. The molecule has 0 aliphatic rings. The van der Waals surface area contributed by atoms with Crippen molar-refractivity contribution in [2.75, 3.05) is 20.8 Å². The minimum absolute atomic E-state index is 0.0219. The van der Waals surface area contributed by atoms with Crippen LogP contribution in [0.15, 0.2) is 47.3 Å². The van der Waals surface area contributed by atoms with Gasteiger partial charge < -0.3 is 19.8 Å². The number of carbonyl (C=O) groups excluding carboxylic acids is 1. The Labute approximate surface area is 169 Å². The van der Waals surface area contributed by atoms with Gasteiger partial charge in [0.1, 0.15) is 11.5 Å². The summed E-state index contributed by atoms with van der Waals surface area (Å²) >= 11 is 0. The zero-order chi connectivity index (χ0) is 21.9. The number of H-pyrrole nitrogens is 1.